The zero-order valence-corrected chi connectivity index (χ0v) is 17.2. The van der Waals surface area contributed by atoms with Gasteiger partial charge in [-0.1, -0.05) is 34.8 Å². The highest BCUT2D eigenvalue weighted by atomic mass is 35.5. The minimum Gasteiger partial charge on any atom is -0.484 e. The molecule has 0 atom stereocenters. The molecule has 2 amide bonds. The molecule has 0 bridgehead atoms. The van der Waals surface area contributed by atoms with Gasteiger partial charge in [-0.25, -0.2) is 0 Å². The molecule has 1 N–H and O–H groups in total. The number of hydrogen-bond acceptors (Lipinski definition) is 3. The predicted octanol–water partition coefficient (Wildman–Crippen LogP) is 4.45. The molecular weight excluding hydrogens is 423 g/mol. The van der Waals surface area contributed by atoms with Gasteiger partial charge in [0.2, 0.25) is 0 Å². The maximum atomic E-state index is 12.4. The Balaban J connectivity index is 1.44. The largest absolute Gasteiger partial charge is 0.484 e. The van der Waals surface area contributed by atoms with Gasteiger partial charge in [-0.05, 0) is 55.3 Å². The Morgan fingerprint density at radius 2 is 1.68 bits per heavy atom. The van der Waals surface area contributed by atoms with Crippen molar-refractivity contribution in [2.45, 2.75) is 18.9 Å². The lowest BCUT2D eigenvalue weighted by Crippen LogP contribution is -2.47. The van der Waals surface area contributed by atoms with Crippen LogP contribution < -0.4 is 10.1 Å². The molecule has 0 saturated carbocycles. The maximum Gasteiger partial charge on any atom is 0.260 e. The molecule has 5 nitrogen and oxygen atoms in total. The molecule has 8 heteroatoms. The van der Waals surface area contributed by atoms with Crippen LogP contribution in [0.5, 0.6) is 5.75 Å². The first-order valence-electron chi connectivity index (χ1n) is 8.84. The number of nitrogens with zero attached hydrogens (tertiary/aromatic N) is 1. The van der Waals surface area contributed by atoms with Gasteiger partial charge in [0.05, 0.1) is 10.0 Å². The molecule has 2 aromatic carbocycles. The first-order chi connectivity index (χ1) is 13.4. The van der Waals surface area contributed by atoms with Crippen molar-refractivity contribution in [3.05, 3.63) is 63.1 Å². The number of nitrogens with one attached hydrogen (secondary N) is 1. The van der Waals surface area contributed by atoms with Crippen LogP contribution in [0.25, 0.3) is 0 Å². The van der Waals surface area contributed by atoms with E-state index in [9.17, 15) is 9.59 Å². The molecule has 1 aliphatic heterocycles. The summed E-state index contributed by atoms with van der Waals surface area (Å²) in [5, 5.41) is 4.35. The van der Waals surface area contributed by atoms with Gasteiger partial charge in [0.25, 0.3) is 11.8 Å². The SMILES string of the molecule is O=C(NC1CCN(C(=O)COc2ccc(Cl)cc2)CC1)c1ccc(Cl)c(Cl)c1. The van der Waals surface area contributed by atoms with E-state index in [0.29, 0.717) is 52.3 Å². The van der Waals surface area contributed by atoms with Crippen LogP contribution in [-0.4, -0.2) is 42.5 Å². The van der Waals surface area contributed by atoms with Crippen molar-refractivity contribution in [1.82, 2.24) is 10.2 Å². The summed E-state index contributed by atoms with van der Waals surface area (Å²) >= 11 is 17.7. The number of carbonyl (C=O) groups excluding carboxylic acids is 2. The van der Waals surface area contributed by atoms with Crippen LogP contribution in [0, 0.1) is 0 Å². The number of carbonyl (C=O) groups is 2. The van der Waals surface area contributed by atoms with Crippen molar-refractivity contribution >= 4 is 46.6 Å². The highest BCUT2D eigenvalue weighted by Crippen LogP contribution is 2.23. The number of rotatable bonds is 5. The van der Waals surface area contributed by atoms with E-state index >= 15 is 0 Å². The smallest absolute Gasteiger partial charge is 0.260 e. The molecule has 1 heterocycles. The molecule has 1 saturated heterocycles. The summed E-state index contributed by atoms with van der Waals surface area (Å²) in [6.07, 6.45) is 1.36. The quantitative estimate of drug-likeness (QED) is 0.746. The van der Waals surface area contributed by atoms with Gasteiger partial charge >= 0.3 is 0 Å². The molecule has 28 heavy (non-hydrogen) atoms. The summed E-state index contributed by atoms with van der Waals surface area (Å²) in [6, 6.07) is 11.7. The summed E-state index contributed by atoms with van der Waals surface area (Å²) in [5.74, 6) is 0.320. The zero-order valence-electron chi connectivity index (χ0n) is 15.0. The van der Waals surface area contributed by atoms with Crippen molar-refractivity contribution < 1.29 is 14.3 Å². The van der Waals surface area contributed by atoms with E-state index < -0.39 is 0 Å². The third-order valence-electron chi connectivity index (χ3n) is 4.54. The first-order valence-corrected chi connectivity index (χ1v) is 9.98. The van der Waals surface area contributed by atoms with E-state index in [-0.39, 0.29) is 24.5 Å². The molecule has 1 fully saturated rings. The normalized spacial score (nSPS) is 14.6. The van der Waals surface area contributed by atoms with Gasteiger partial charge in [-0.2, -0.15) is 0 Å². The standard InChI is InChI=1S/C20H19Cl3N2O3/c21-14-2-4-16(5-3-14)28-12-19(26)25-9-7-15(8-10-25)24-20(27)13-1-6-17(22)18(23)11-13/h1-6,11,15H,7-10,12H2,(H,24,27). The van der Waals surface area contributed by atoms with Gasteiger partial charge in [0.1, 0.15) is 5.75 Å². The first kappa shape index (κ1) is 20.8. The molecule has 0 aliphatic carbocycles. The third kappa shape index (κ3) is 5.53. The second kappa shape index (κ2) is 9.50. The van der Waals surface area contributed by atoms with E-state index in [1.807, 2.05) is 0 Å². The second-order valence-corrected chi connectivity index (χ2v) is 7.75. The summed E-state index contributed by atoms with van der Waals surface area (Å²) in [5.41, 5.74) is 0.462. The van der Waals surface area contributed by atoms with E-state index in [1.165, 1.54) is 0 Å². The second-order valence-electron chi connectivity index (χ2n) is 6.50. The Bertz CT molecular complexity index is 850. The Labute approximate surface area is 178 Å². The minimum absolute atomic E-state index is 0.00295. The van der Waals surface area contributed by atoms with Crippen LogP contribution in [-0.2, 0) is 4.79 Å². The fourth-order valence-electron chi connectivity index (χ4n) is 2.95. The van der Waals surface area contributed by atoms with Crippen LogP contribution >= 0.6 is 34.8 Å². The molecule has 0 radical (unpaired) electrons. The predicted molar refractivity (Wildman–Crippen MR) is 110 cm³/mol. The summed E-state index contributed by atoms with van der Waals surface area (Å²) in [6.45, 7) is 1.10. The minimum atomic E-state index is -0.200. The average Bonchev–Trinajstić information content (AvgIpc) is 2.70. The average molecular weight is 442 g/mol. The van der Waals surface area contributed by atoms with Crippen LogP contribution in [0.15, 0.2) is 42.5 Å². The van der Waals surface area contributed by atoms with Crippen molar-refractivity contribution in [2.24, 2.45) is 0 Å². The number of halogens is 3. The maximum absolute atomic E-state index is 12.4. The van der Waals surface area contributed by atoms with Gasteiger partial charge in [-0.15, -0.1) is 0 Å². The highest BCUT2D eigenvalue weighted by Gasteiger charge is 2.24. The summed E-state index contributed by atoms with van der Waals surface area (Å²) in [7, 11) is 0. The van der Waals surface area contributed by atoms with E-state index in [2.05, 4.69) is 5.32 Å². The van der Waals surface area contributed by atoms with Gasteiger partial charge in [0, 0.05) is 29.7 Å². The molecule has 0 aromatic heterocycles. The van der Waals surface area contributed by atoms with Crippen LogP contribution in [0.1, 0.15) is 23.2 Å². The van der Waals surface area contributed by atoms with E-state index in [0.717, 1.165) is 0 Å². The highest BCUT2D eigenvalue weighted by molar-refractivity contribution is 6.42. The van der Waals surface area contributed by atoms with Crippen molar-refractivity contribution in [3.63, 3.8) is 0 Å². The number of likely N-dealkylation sites (tertiary alicyclic amines) is 1. The lowest BCUT2D eigenvalue weighted by molar-refractivity contribution is -0.134. The summed E-state index contributed by atoms with van der Waals surface area (Å²) in [4.78, 5) is 26.4. The Hall–Kier alpha value is -1.95. The van der Waals surface area contributed by atoms with Crippen LogP contribution in [0.3, 0.4) is 0 Å². The molecular formula is C20H19Cl3N2O3. The monoisotopic (exact) mass is 440 g/mol. The van der Waals surface area contributed by atoms with Crippen molar-refractivity contribution in [2.75, 3.05) is 19.7 Å². The van der Waals surface area contributed by atoms with E-state index in [4.69, 9.17) is 39.5 Å². The van der Waals surface area contributed by atoms with Gasteiger partial charge < -0.3 is 15.0 Å². The van der Waals surface area contributed by atoms with Gasteiger partial charge in [0.15, 0.2) is 6.61 Å². The lowest BCUT2D eigenvalue weighted by atomic mass is 10.0. The summed E-state index contributed by atoms with van der Waals surface area (Å²) < 4.78 is 5.50. The van der Waals surface area contributed by atoms with Crippen molar-refractivity contribution in [3.8, 4) is 5.75 Å². The third-order valence-corrected chi connectivity index (χ3v) is 5.53. The Morgan fingerprint density at radius 1 is 1.00 bits per heavy atom. The number of piperidine rings is 1. The topological polar surface area (TPSA) is 58.6 Å². The van der Waals surface area contributed by atoms with Crippen molar-refractivity contribution in [1.29, 1.82) is 0 Å². The fourth-order valence-corrected chi connectivity index (χ4v) is 3.37. The molecule has 2 aromatic rings. The molecule has 0 unspecified atom stereocenters. The number of amides is 2. The lowest BCUT2D eigenvalue weighted by Gasteiger charge is -2.32. The Kier molecular flexibility index (Phi) is 7.05. The molecule has 3 rings (SSSR count). The zero-order chi connectivity index (χ0) is 20.1. The number of benzene rings is 2. The Morgan fingerprint density at radius 3 is 2.32 bits per heavy atom. The molecule has 148 valence electrons. The number of ether oxygens (including phenoxy) is 1. The molecule has 1 aliphatic rings. The van der Waals surface area contributed by atoms with Gasteiger partial charge in [-0.3, -0.25) is 9.59 Å². The van der Waals surface area contributed by atoms with Crippen LogP contribution in [0.4, 0.5) is 0 Å². The van der Waals surface area contributed by atoms with Crippen LogP contribution in [0.2, 0.25) is 15.1 Å². The number of hydrogen-bond donors (Lipinski definition) is 1. The molecule has 0 spiro atoms. The van der Waals surface area contributed by atoms with E-state index in [1.54, 1.807) is 47.4 Å². The fraction of sp³-hybridized carbons (Fsp3) is 0.300.